The molecule has 0 unspecified atom stereocenters. The smallest absolute Gasteiger partial charge is 0.341 e. The van der Waals surface area contributed by atoms with E-state index < -0.39 is 5.97 Å². The first kappa shape index (κ1) is 22.4. The largest absolute Gasteiger partial charge is 0.462 e. The van der Waals surface area contributed by atoms with Crippen LogP contribution in [-0.4, -0.2) is 67.9 Å². The van der Waals surface area contributed by atoms with E-state index in [1.165, 1.54) is 11.3 Å². The molecule has 1 fully saturated rings. The van der Waals surface area contributed by atoms with Crippen LogP contribution in [0.2, 0.25) is 0 Å². The first-order valence-electron chi connectivity index (χ1n) is 9.68. The van der Waals surface area contributed by atoms with Crippen LogP contribution in [0.5, 0.6) is 0 Å². The van der Waals surface area contributed by atoms with Crippen molar-refractivity contribution in [2.45, 2.75) is 34.1 Å². The van der Waals surface area contributed by atoms with Crippen LogP contribution in [0, 0.1) is 18.8 Å². The van der Waals surface area contributed by atoms with Gasteiger partial charge in [-0.3, -0.25) is 14.5 Å². The number of nitrogens with one attached hydrogen (secondary N) is 1. The Morgan fingerprint density at radius 1 is 1.21 bits per heavy atom. The van der Waals surface area contributed by atoms with E-state index >= 15 is 0 Å². The second-order valence-electron chi connectivity index (χ2n) is 7.87. The number of piperidine rings is 1. The van der Waals surface area contributed by atoms with E-state index in [4.69, 9.17) is 4.74 Å². The highest BCUT2D eigenvalue weighted by molar-refractivity contribution is 7.18. The maximum Gasteiger partial charge on any atom is 0.341 e. The molecule has 1 saturated heterocycles. The van der Waals surface area contributed by atoms with Crippen molar-refractivity contribution in [3.8, 4) is 0 Å². The van der Waals surface area contributed by atoms with Gasteiger partial charge in [0.1, 0.15) is 5.00 Å². The van der Waals surface area contributed by atoms with E-state index in [2.05, 4.69) is 24.1 Å². The first-order valence-corrected chi connectivity index (χ1v) is 10.5. The monoisotopic (exact) mass is 409 g/mol. The molecule has 2 heterocycles. The molecule has 1 aromatic rings. The molecule has 1 aliphatic rings. The van der Waals surface area contributed by atoms with Crippen molar-refractivity contribution in [3.05, 3.63) is 16.0 Å². The summed E-state index contributed by atoms with van der Waals surface area (Å²) in [6, 6.07) is 0. The highest BCUT2D eigenvalue weighted by atomic mass is 32.1. The number of hydrogen-bond donors (Lipinski definition) is 1. The van der Waals surface area contributed by atoms with Crippen LogP contribution in [0.15, 0.2) is 0 Å². The summed E-state index contributed by atoms with van der Waals surface area (Å²) in [4.78, 5) is 41.6. The molecule has 1 N–H and O–H groups in total. The minimum absolute atomic E-state index is 0.183. The van der Waals surface area contributed by atoms with Crippen LogP contribution in [-0.2, 0) is 9.53 Å². The molecule has 7 nitrogen and oxygen atoms in total. The van der Waals surface area contributed by atoms with Crippen molar-refractivity contribution in [2.24, 2.45) is 11.8 Å². The highest BCUT2D eigenvalue weighted by Gasteiger charge is 2.28. The van der Waals surface area contributed by atoms with Crippen LogP contribution in [0.25, 0.3) is 0 Å². The predicted molar refractivity (Wildman–Crippen MR) is 111 cm³/mol. The summed E-state index contributed by atoms with van der Waals surface area (Å²) in [5, 5.41) is 3.23. The zero-order chi connectivity index (χ0) is 21.0. The average Bonchev–Trinajstić information content (AvgIpc) is 2.89. The van der Waals surface area contributed by atoms with E-state index in [0.717, 1.165) is 24.4 Å². The molecule has 0 radical (unpaired) electrons. The van der Waals surface area contributed by atoms with E-state index in [9.17, 15) is 14.4 Å². The Hall–Kier alpha value is -1.93. The SMILES string of the molecule is CCOC(=O)c1c(NC(=O)CN2C[C@@H](C)C[C@H](C)C2)sc(C(=O)N(C)C)c1C. The van der Waals surface area contributed by atoms with Gasteiger partial charge in [0, 0.05) is 27.2 Å². The van der Waals surface area contributed by atoms with Crippen LogP contribution in [0.4, 0.5) is 5.00 Å². The number of thiophene rings is 1. The van der Waals surface area contributed by atoms with Gasteiger partial charge in [-0.2, -0.15) is 0 Å². The number of anilines is 1. The van der Waals surface area contributed by atoms with Gasteiger partial charge in [0.05, 0.1) is 23.6 Å². The molecule has 0 spiro atoms. The van der Waals surface area contributed by atoms with Gasteiger partial charge in [0.25, 0.3) is 5.91 Å². The van der Waals surface area contributed by atoms with Gasteiger partial charge in [-0.05, 0) is 37.7 Å². The van der Waals surface area contributed by atoms with Crippen LogP contribution >= 0.6 is 11.3 Å². The Kier molecular flexibility index (Phi) is 7.60. The second-order valence-corrected chi connectivity index (χ2v) is 8.89. The number of rotatable bonds is 6. The minimum atomic E-state index is -0.524. The molecule has 0 aliphatic carbocycles. The molecule has 2 atom stereocenters. The van der Waals surface area contributed by atoms with Gasteiger partial charge >= 0.3 is 5.97 Å². The number of nitrogens with zero attached hydrogens (tertiary/aromatic N) is 2. The Balaban J connectivity index is 2.22. The van der Waals surface area contributed by atoms with E-state index in [-0.39, 0.29) is 30.5 Å². The van der Waals surface area contributed by atoms with Crippen molar-refractivity contribution in [1.29, 1.82) is 0 Å². The van der Waals surface area contributed by atoms with Gasteiger partial charge in [-0.1, -0.05) is 13.8 Å². The molecule has 156 valence electrons. The molecule has 0 aromatic carbocycles. The summed E-state index contributed by atoms with van der Waals surface area (Å²) < 4.78 is 5.14. The number of hydrogen-bond acceptors (Lipinski definition) is 6. The third-order valence-corrected chi connectivity index (χ3v) is 5.99. The number of amides is 2. The Bertz CT molecular complexity index is 734. The minimum Gasteiger partial charge on any atom is -0.462 e. The maximum absolute atomic E-state index is 12.7. The average molecular weight is 410 g/mol. The fourth-order valence-corrected chi connectivity index (χ4v) is 4.98. The molecule has 2 amide bonds. The summed E-state index contributed by atoms with van der Waals surface area (Å²) in [6.07, 6.45) is 1.17. The highest BCUT2D eigenvalue weighted by Crippen LogP contribution is 2.34. The summed E-state index contributed by atoms with van der Waals surface area (Å²) in [6.45, 7) is 10.1. The van der Waals surface area contributed by atoms with Gasteiger partial charge in [0.15, 0.2) is 0 Å². The number of esters is 1. The fraction of sp³-hybridized carbons (Fsp3) is 0.650. The lowest BCUT2D eigenvalue weighted by atomic mass is 9.92. The number of likely N-dealkylation sites (tertiary alicyclic amines) is 1. The first-order chi connectivity index (χ1) is 13.1. The molecule has 2 rings (SSSR count). The molecule has 0 bridgehead atoms. The molecule has 28 heavy (non-hydrogen) atoms. The molecule has 0 saturated carbocycles. The zero-order valence-corrected chi connectivity index (χ0v) is 18.4. The molecular weight excluding hydrogens is 378 g/mol. The Labute approximate surface area is 171 Å². The van der Waals surface area contributed by atoms with E-state index in [1.807, 2.05) is 0 Å². The van der Waals surface area contributed by atoms with Crippen molar-refractivity contribution in [3.63, 3.8) is 0 Å². The van der Waals surface area contributed by atoms with Gasteiger partial charge in [-0.15, -0.1) is 11.3 Å². The maximum atomic E-state index is 12.7. The van der Waals surface area contributed by atoms with E-state index in [0.29, 0.717) is 27.3 Å². The normalized spacial score (nSPS) is 19.9. The van der Waals surface area contributed by atoms with Gasteiger partial charge < -0.3 is 15.0 Å². The summed E-state index contributed by atoms with van der Waals surface area (Å²) in [7, 11) is 3.31. The summed E-state index contributed by atoms with van der Waals surface area (Å²) in [5.41, 5.74) is 0.809. The van der Waals surface area contributed by atoms with Gasteiger partial charge in [0.2, 0.25) is 5.91 Å². The predicted octanol–water partition coefficient (Wildman–Crippen LogP) is 2.85. The van der Waals surface area contributed by atoms with Crippen molar-refractivity contribution >= 4 is 34.1 Å². The van der Waals surface area contributed by atoms with Crippen molar-refractivity contribution < 1.29 is 19.1 Å². The molecule has 1 aromatic heterocycles. The molecule has 8 heteroatoms. The van der Waals surface area contributed by atoms with Crippen LogP contribution < -0.4 is 5.32 Å². The quantitative estimate of drug-likeness (QED) is 0.731. The lowest BCUT2D eigenvalue weighted by molar-refractivity contribution is -0.117. The van der Waals surface area contributed by atoms with Crippen molar-refractivity contribution in [1.82, 2.24) is 9.80 Å². The number of carbonyl (C=O) groups is 3. The second kappa shape index (κ2) is 9.52. The zero-order valence-electron chi connectivity index (χ0n) is 17.6. The fourth-order valence-electron chi connectivity index (χ4n) is 3.75. The third-order valence-electron chi connectivity index (χ3n) is 4.79. The number of carbonyl (C=O) groups excluding carboxylic acids is 3. The summed E-state index contributed by atoms with van der Waals surface area (Å²) in [5.74, 6) is 0.202. The Morgan fingerprint density at radius 2 is 1.82 bits per heavy atom. The lowest BCUT2D eigenvalue weighted by Gasteiger charge is -2.34. The van der Waals surface area contributed by atoms with Gasteiger partial charge in [-0.25, -0.2) is 4.79 Å². The lowest BCUT2D eigenvalue weighted by Crippen LogP contribution is -2.42. The molecule has 1 aliphatic heterocycles. The Morgan fingerprint density at radius 3 is 2.36 bits per heavy atom. The third kappa shape index (κ3) is 5.32. The van der Waals surface area contributed by atoms with Crippen molar-refractivity contribution in [2.75, 3.05) is 45.7 Å². The van der Waals surface area contributed by atoms with E-state index in [1.54, 1.807) is 27.9 Å². The summed E-state index contributed by atoms with van der Waals surface area (Å²) >= 11 is 1.13. The van der Waals surface area contributed by atoms with Crippen LogP contribution in [0.3, 0.4) is 0 Å². The van der Waals surface area contributed by atoms with Crippen LogP contribution in [0.1, 0.15) is 52.8 Å². The standard InChI is InChI=1S/C20H31N3O4S/c1-7-27-20(26)16-14(4)17(19(25)22(5)6)28-18(16)21-15(24)11-23-9-12(2)8-13(3)10-23/h12-13H,7-11H2,1-6H3,(H,21,24)/t12-,13-/m0/s1. The molecular formula is C20H31N3O4S. The topological polar surface area (TPSA) is 79.0 Å². The number of ether oxygens (including phenoxy) is 1.